The van der Waals surface area contributed by atoms with Crippen LogP contribution in [0.25, 0.3) is 0 Å². The molecule has 2 aromatic rings. The van der Waals surface area contributed by atoms with Crippen LogP contribution in [-0.2, 0) is 17.6 Å². The molecule has 2 heterocycles. The van der Waals surface area contributed by atoms with Gasteiger partial charge in [0.25, 0.3) is 5.91 Å². The van der Waals surface area contributed by atoms with Gasteiger partial charge in [0.05, 0.1) is 5.69 Å². The number of nitrogens with one attached hydrogen (secondary N) is 2. The van der Waals surface area contributed by atoms with Crippen molar-refractivity contribution in [3.63, 3.8) is 0 Å². The van der Waals surface area contributed by atoms with Crippen molar-refractivity contribution in [2.45, 2.75) is 26.2 Å². The third kappa shape index (κ3) is 3.06. The lowest BCUT2D eigenvalue weighted by Gasteiger charge is -2.19. The molecule has 2 amide bonds. The van der Waals surface area contributed by atoms with E-state index in [0.29, 0.717) is 36.1 Å². The zero-order valence-corrected chi connectivity index (χ0v) is 12.6. The van der Waals surface area contributed by atoms with Gasteiger partial charge >= 0.3 is 0 Å². The molecule has 1 aliphatic heterocycles. The maximum atomic E-state index is 14.1. The molecular weight excluding hydrogens is 297 g/mol. The van der Waals surface area contributed by atoms with Crippen molar-refractivity contribution in [3.8, 4) is 0 Å². The van der Waals surface area contributed by atoms with Crippen LogP contribution in [0.1, 0.15) is 34.8 Å². The molecule has 1 aromatic carbocycles. The molecule has 23 heavy (non-hydrogen) atoms. The minimum atomic E-state index is -0.545. The quantitative estimate of drug-likeness (QED) is 0.915. The Labute approximate surface area is 132 Å². The number of rotatable bonds is 3. The fourth-order valence-electron chi connectivity index (χ4n) is 2.65. The van der Waals surface area contributed by atoms with Gasteiger partial charge in [-0.2, -0.15) is 0 Å². The number of benzene rings is 1. The van der Waals surface area contributed by atoms with Crippen LogP contribution >= 0.6 is 0 Å². The van der Waals surface area contributed by atoms with Gasteiger partial charge in [0.1, 0.15) is 5.82 Å². The first-order valence-corrected chi connectivity index (χ1v) is 7.45. The van der Waals surface area contributed by atoms with E-state index in [-0.39, 0.29) is 17.5 Å². The van der Waals surface area contributed by atoms with Crippen LogP contribution in [-0.4, -0.2) is 16.8 Å². The Morgan fingerprint density at radius 3 is 3.00 bits per heavy atom. The molecule has 0 unspecified atom stereocenters. The highest BCUT2D eigenvalue weighted by Crippen LogP contribution is 2.29. The average Bonchev–Trinajstić information content (AvgIpc) is 2.55. The number of hydrogen-bond donors (Lipinski definition) is 2. The molecule has 0 spiro atoms. The highest BCUT2D eigenvalue weighted by molar-refractivity contribution is 6.05. The van der Waals surface area contributed by atoms with Crippen LogP contribution in [0.15, 0.2) is 30.6 Å². The van der Waals surface area contributed by atoms with Crippen LogP contribution in [0.2, 0.25) is 0 Å². The molecule has 1 aliphatic rings. The minimum Gasteiger partial charge on any atom is -0.323 e. The molecule has 2 N–H and O–H groups in total. The molecule has 5 nitrogen and oxygen atoms in total. The molecule has 0 saturated carbocycles. The van der Waals surface area contributed by atoms with Gasteiger partial charge in [0.15, 0.2) is 0 Å². The second kappa shape index (κ2) is 6.16. The third-order valence-corrected chi connectivity index (χ3v) is 3.84. The second-order valence-electron chi connectivity index (χ2n) is 5.38. The lowest BCUT2D eigenvalue weighted by Crippen LogP contribution is -2.21. The molecule has 3 rings (SSSR count). The van der Waals surface area contributed by atoms with Crippen molar-refractivity contribution < 1.29 is 14.0 Å². The number of aryl methyl sites for hydroxylation is 2. The minimum absolute atomic E-state index is 0.197. The summed E-state index contributed by atoms with van der Waals surface area (Å²) in [5.74, 6) is -1.04. The van der Waals surface area contributed by atoms with Gasteiger partial charge < -0.3 is 10.6 Å². The largest absolute Gasteiger partial charge is 0.323 e. The molecule has 0 bridgehead atoms. The first kappa shape index (κ1) is 15.1. The zero-order valence-electron chi connectivity index (χ0n) is 12.6. The van der Waals surface area contributed by atoms with Gasteiger partial charge in [-0.3, -0.25) is 14.6 Å². The Hall–Kier alpha value is -2.76. The van der Waals surface area contributed by atoms with Crippen molar-refractivity contribution in [1.29, 1.82) is 0 Å². The van der Waals surface area contributed by atoms with Gasteiger partial charge in [-0.1, -0.05) is 6.92 Å². The summed E-state index contributed by atoms with van der Waals surface area (Å²) in [5, 5.41) is 5.24. The number of halogens is 1. The number of carbonyl (C=O) groups excluding carboxylic acids is 2. The molecule has 118 valence electrons. The number of fused-ring (bicyclic) bond motifs is 1. The molecular formula is C17H16FN3O2. The Balaban J connectivity index is 1.87. The Morgan fingerprint density at radius 1 is 1.39 bits per heavy atom. The van der Waals surface area contributed by atoms with Crippen molar-refractivity contribution in [2.75, 3.05) is 10.6 Å². The van der Waals surface area contributed by atoms with Crippen molar-refractivity contribution >= 4 is 23.2 Å². The van der Waals surface area contributed by atoms with Gasteiger partial charge in [0.2, 0.25) is 5.91 Å². The van der Waals surface area contributed by atoms with Gasteiger partial charge in [0, 0.05) is 30.1 Å². The Bertz CT molecular complexity index is 789. The van der Waals surface area contributed by atoms with E-state index >= 15 is 0 Å². The van der Waals surface area contributed by atoms with Crippen molar-refractivity contribution in [2.24, 2.45) is 0 Å². The normalized spacial score (nSPS) is 13.2. The summed E-state index contributed by atoms with van der Waals surface area (Å²) in [6, 6.07) is 4.56. The third-order valence-electron chi connectivity index (χ3n) is 3.84. The maximum absolute atomic E-state index is 14.1. The summed E-state index contributed by atoms with van der Waals surface area (Å²) >= 11 is 0. The SMILES string of the molecule is CCc1cnccc1C(=O)Nc1cc(F)c2c(c1)CCC(=O)N2. The molecule has 1 aromatic heterocycles. The first-order chi connectivity index (χ1) is 11.1. The number of amides is 2. The van der Waals surface area contributed by atoms with E-state index in [2.05, 4.69) is 15.6 Å². The summed E-state index contributed by atoms with van der Waals surface area (Å²) in [4.78, 5) is 27.7. The monoisotopic (exact) mass is 313 g/mol. The standard InChI is InChI=1S/C17H16FN3O2/c1-2-10-9-19-6-5-13(10)17(23)20-12-7-11-3-4-15(22)21-16(11)14(18)8-12/h5-9H,2-4H2,1H3,(H,20,23)(H,21,22). The Kier molecular flexibility index (Phi) is 4.06. The van der Waals surface area contributed by atoms with Crippen molar-refractivity contribution in [1.82, 2.24) is 4.98 Å². The average molecular weight is 313 g/mol. The molecule has 0 atom stereocenters. The summed E-state index contributed by atoms with van der Waals surface area (Å²) in [7, 11) is 0. The molecule has 6 heteroatoms. The lowest BCUT2D eigenvalue weighted by atomic mass is 10.0. The van der Waals surface area contributed by atoms with Gasteiger partial charge in [-0.25, -0.2) is 4.39 Å². The predicted molar refractivity (Wildman–Crippen MR) is 84.9 cm³/mol. The maximum Gasteiger partial charge on any atom is 0.256 e. The fraction of sp³-hybridized carbons (Fsp3) is 0.235. The summed E-state index contributed by atoms with van der Waals surface area (Å²) in [6.45, 7) is 1.94. The van der Waals surface area contributed by atoms with E-state index in [1.54, 1.807) is 24.5 Å². The first-order valence-electron chi connectivity index (χ1n) is 7.45. The number of hydrogen-bond acceptors (Lipinski definition) is 3. The van der Waals surface area contributed by atoms with E-state index in [1.165, 1.54) is 6.07 Å². The van der Waals surface area contributed by atoms with E-state index in [0.717, 1.165) is 5.56 Å². The van der Waals surface area contributed by atoms with Crippen molar-refractivity contribution in [3.05, 3.63) is 53.1 Å². The van der Waals surface area contributed by atoms with E-state index < -0.39 is 5.82 Å². The number of anilines is 2. The smallest absolute Gasteiger partial charge is 0.256 e. The van der Waals surface area contributed by atoms with Crippen LogP contribution in [0.4, 0.5) is 15.8 Å². The summed E-state index contributed by atoms with van der Waals surface area (Å²) in [5.41, 5.74) is 2.62. The van der Waals surface area contributed by atoms with Gasteiger partial charge in [-0.15, -0.1) is 0 Å². The highest BCUT2D eigenvalue weighted by Gasteiger charge is 2.20. The number of pyridine rings is 1. The molecule has 0 radical (unpaired) electrons. The number of nitrogens with zero attached hydrogens (tertiary/aromatic N) is 1. The van der Waals surface area contributed by atoms with Gasteiger partial charge in [-0.05, 0) is 42.2 Å². The van der Waals surface area contributed by atoms with E-state index in [9.17, 15) is 14.0 Å². The Morgan fingerprint density at radius 2 is 2.22 bits per heavy atom. The zero-order chi connectivity index (χ0) is 16.4. The van der Waals surface area contributed by atoms with E-state index in [1.807, 2.05) is 6.92 Å². The molecule has 0 saturated heterocycles. The predicted octanol–water partition coefficient (Wildman–Crippen LogP) is 2.92. The number of aromatic nitrogens is 1. The fourth-order valence-corrected chi connectivity index (χ4v) is 2.65. The molecule has 0 aliphatic carbocycles. The van der Waals surface area contributed by atoms with Crippen LogP contribution in [0.5, 0.6) is 0 Å². The summed E-state index contributed by atoms with van der Waals surface area (Å²) < 4.78 is 14.1. The summed E-state index contributed by atoms with van der Waals surface area (Å²) in [6.07, 6.45) is 4.65. The number of carbonyl (C=O) groups is 2. The molecule has 0 fully saturated rings. The topological polar surface area (TPSA) is 71.1 Å². The van der Waals surface area contributed by atoms with Crippen LogP contribution in [0.3, 0.4) is 0 Å². The second-order valence-corrected chi connectivity index (χ2v) is 5.38. The van der Waals surface area contributed by atoms with Crippen LogP contribution < -0.4 is 10.6 Å². The lowest BCUT2D eigenvalue weighted by molar-refractivity contribution is -0.116. The van der Waals surface area contributed by atoms with E-state index in [4.69, 9.17) is 0 Å². The highest BCUT2D eigenvalue weighted by atomic mass is 19.1. The van der Waals surface area contributed by atoms with Crippen LogP contribution in [0, 0.1) is 5.82 Å².